The summed E-state index contributed by atoms with van der Waals surface area (Å²) in [6.07, 6.45) is 3.92. The lowest BCUT2D eigenvalue weighted by molar-refractivity contribution is 0.465. The molecule has 0 radical (unpaired) electrons. The van der Waals surface area contributed by atoms with E-state index in [1.165, 1.54) is 12.3 Å². The molecule has 1 N–H and O–H groups in total. The van der Waals surface area contributed by atoms with Gasteiger partial charge in [-0.2, -0.15) is 4.39 Å². The minimum atomic E-state index is -0.508. The maximum atomic E-state index is 12.8. The molecule has 0 fully saturated rings. The fraction of sp³-hybridized carbons (Fsp3) is 0.273. The van der Waals surface area contributed by atoms with Crippen LogP contribution in [0.25, 0.3) is 0 Å². The first kappa shape index (κ1) is 10.6. The van der Waals surface area contributed by atoms with Crippen LogP contribution in [0.5, 0.6) is 0 Å². The molecule has 0 unspecified atom stereocenters. The largest absolute Gasteiger partial charge is 0.444 e. The highest BCUT2D eigenvalue weighted by molar-refractivity contribution is 5.41. The van der Waals surface area contributed by atoms with Crippen molar-refractivity contribution in [2.24, 2.45) is 0 Å². The molecule has 0 spiro atoms. The van der Waals surface area contributed by atoms with Crippen molar-refractivity contribution in [1.29, 1.82) is 0 Å². The second kappa shape index (κ2) is 4.74. The molecule has 0 bridgehead atoms. The third-order valence-corrected chi connectivity index (χ3v) is 2.12. The van der Waals surface area contributed by atoms with E-state index in [1.54, 1.807) is 12.3 Å². The zero-order valence-corrected chi connectivity index (χ0v) is 8.90. The van der Waals surface area contributed by atoms with Crippen molar-refractivity contribution in [3.8, 4) is 0 Å². The molecule has 16 heavy (non-hydrogen) atoms. The SMILES string of the molecule is CCc1cnc(CNc2ccnc(F)c2)o1. The fourth-order valence-corrected chi connectivity index (χ4v) is 1.28. The molecule has 2 rings (SSSR count). The molecule has 0 atom stereocenters. The Morgan fingerprint density at radius 1 is 1.44 bits per heavy atom. The summed E-state index contributed by atoms with van der Waals surface area (Å²) in [5, 5.41) is 3.00. The van der Waals surface area contributed by atoms with Gasteiger partial charge in [0.1, 0.15) is 5.76 Å². The van der Waals surface area contributed by atoms with Crippen molar-refractivity contribution in [3.05, 3.63) is 42.1 Å². The smallest absolute Gasteiger partial charge is 0.214 e. The van der Waals surface area contributed by atoms with E-state index >= 15 is 0 Å². The number of pyridine rings is 1. The molecule has 0 amide bonds. The van der Waals surface area contributed by atoms with Gasteiger partial charge in [0, 0.05) is 24.4 Å². The number of halogens is 1. The normalized spacial score (nSPS) is 10.4. The highest BCUT2D eigenvalue weighted by Gasteiger charge is 2.02. The summed E-state index contributed by atoms with van der Waals surface area (Å²) in [6.45, 7) is 2.43. The number of aryl methyl sites for hydroxylation is 1. The number of hydrogen-bond acceptors (Lipinski definition) is 4. The number of nitrogens with one attached hydrogen (secondary N) is 1. The number of oxazole rings is 1. The third kappa shape index (κ3) is 2.56. The zero-order chi connectivity index (χ0) is 11.4. The summed E-state index contributed by atoms with van der Waals surface area (Å²) >= 11 is 0. The van der Waals surface area contributed by atoms with E-state index in [-0.39, 0.29) is 0 Å². The average molecular weight is 221 g/mol. The van der Waals surface area contributed by atoms with E-state index in [0.717, 1.165) is 12.2 Å². The van der Waals surface area contributed by atoms with Gasteiger partial charge in [0.25, 0.3) is 0 Å². The van der Waals surface area contributed by atoms with Crippen LogP contribution in [-0.2, 0) is 13.0 Å². The maximum Gasteiger partial charge on any atom is 0.214 e. The van der Waals surface area contributed by atoms with Gasteiger partial charge in [0.2, 0.25) is 11.8 Å². The van der Waals surface area contributed by atoms with Crippen LogP contribution in [0, 0.1) is 5.95 Å². The summed E-state index contributed by atoms with van der Waals surface area (Å²) in [4.78, 5) is 7.55. The minimum absolute atomic E-state index is 0.434. The first-order valence-electron chi connectivity index (χ1n) is 5.07. The van der Waals surface area contributed by atoms with Crippen LogP contribution in [0.3, 0.4) is 0 Å². The van der Waals surface area contributed by atoms with Gasteiger partial charge >= 0.3 is 0 Å². The van der Waals surface area contributed by atoms with E-state index in [2.05, 4.69) is 15.3 Å². The molecule has 2 heterocycles. The predicted octanol–water partition coefficient (Wildman–Crippen LogP) is 2.38. The first-order valence-corrected chi connectivity index (χ1v) is 5.07. The molecule has 0 aliphatic heterocycles. The standard InChI is InChI=1S/C11H12FN3O/c1-2-9-6-15-11(16-9)7-14-8-3-4-13-10(12)5-8/h3-6H,2,7H2,1H3,(H,13,14). The molecule has 5 heteroatoms. The maximum absolute atomic E-state index is 12.8. The summed E-state index contributed by atoms with van der Waals surface area (Å²) in [5.41, 5.74) is 0.656. The van der Waals surface area contributed by atoms with Crippen LogP contribution in [0.1, 0.15) is 18.6 Å². The Balaban J connectivity index is 1.96. The highest BCUT2D eigenvalue weighted by Crippen LogP contribution is 2.10. The number of nitrogens with zero attached hydrogens (tertiary/aromatic N) is 2. The number of anilines is 1. The lowest BCUT2D eigenvalue weighted by Crippen LogP contribution is -2.00. The highest BCUT2D eigenvalue weighted by atomic mass is 19.1. The van der Waals surface area contributed by atoms with Gasteiger partial charge < -0.3 is 9.73 Å². The Hall–Kier alpha value is -1.91. The quantitative estimate of drug-likeness (QED) is 0.805. The van der Waals surface area contributed by atoms with Gasteiger partial charge in [-0.15, -0.1) is 0 Å². The van der Waals surface area contributed by atoms with E-state index in [1.807, 2.05) is 6.92 Å². The van der Waals surface area contributed by atoms with Crippen LogP contribution in [0.4, 0.5) is 10.1 Å². The molecule has 4 nitrogen and oxygen atoms in total. The van der Waals surface area contributed by atoms with Gasteiger partial charge in [-0.25, -0.2) is 9.97 Å². The molecule has 0 aliphatic rings. The lowest BCUT2D eigenvalue weighted by Gasteiger charge is -2.02. The van der Waals surface area contributed by atoms with Crippen LogP contribution in [0.2, 0.25) is 0 Å². The van der Waals surface area contributed by atoms with Gasteiger partial charge in [-0.3, -0.25) is 0 Å². The Morgan fingerprint density at radius 3 is 3.00 bits per heavy atom. The van der Waals surface area contributed by atoms with E-state index < -0.39 is 5.95 Å². The molecular weight excluding hydrogens is 209 g/mol. The molecule has 0 aliphatic carbocycles. The predicted molar refractivity (Wildman–Crippen MR) is 57.4 cm³/mol. The van der Waals surface area contributed by atoms with Crippen LogP contribution in [-0.4, -0.2) is 9.97 Å². The van der Waals surface area contributed by atoms with Crippen molar-refractivity contribution in [2.45, 2.75) is 19.9 Å². The number of aromatic nitrogens is 2. The average Bonchev–Trinajstić information content (AvgIpc) is 2.74. The Bertz CT molecular complexity index is 470. The Kier molecular flexibility index (Phi) is 3.14. The molecule has 0 saturated carbocycles. The minimum Gasteiger partial charge on any atom is -0.444 e. The van der Waals surface area contributed by atoms with Gasteiger partial charge in [0.05, 0.1) is 12.7 Å². The third-order valence-electron chi connectivity index (χ3n) is 2.12. The van der Waals surface area contributed by atoms with Gasteiger partial charge in [-0.1, -0.05) is 6.92 Å². The molecular formula is C11H12FN3O. The van der Waals surface area contributed by atoms with Crippen LogP contribution in [0.15, 0.2) is 28.9 Å². The number of rotatable bonds is 4. The summed E-state index contributed by atoms with van der Waals surface area (Å²) in [7, 11) is 0. The van der Waals surface area contributed by atoms with E-state index in [4.69, 9.17) is 4.42 Å². The van der Waals surface area contributed by atoms with E-state index in [0.29, 0.717) is 18.1 Å². The van der Waals surface area contributed by atoms with Gasteiger partial charge in [0.15, 0.2) is 0 Å². The van der Waals surface area contributed by atoms with Crippen molar-refractivity contribution in [2.75, 3.05) is 5.32 Å². The van der Waals surface area contributed by atoms with Gasteiger partial charge in [-0.05, 0) is 6.07 Å². The van der Waals surface area contributed by atoms with Crippen molar-refractivity contribution in [3.63, 3.8) is 0 Å². The van der Waals surface area contributed by atoms with Crippen molar-refractivity contribution < 1.29 is 8.81 Å². The van der Waals surface area contributed by atoms with Crippen molar-refractivity contribution in [1.82, 2.24) is 9.97 Å². The first-order chi connectivity index (χ1) is 7.78. The molecule has 2 aromatic rings. The Labute approximate surface area is 92.5 Å². The summed E-state index contributed by atoms with van der Waals surface area (Å²) in [5.74, 6) is 0.929. The van der Waals surface area contributed by atoms with Crippen molar-refractivity contribution >= 4 is 5.69 Å². The fourth-order valence-electron chi connectivity index (χ4n) is 1.28. The lowest BCUT2D eigenvalue weighted by atomic mass is 10.4. The monoisotopic (exact) mass is 221 g/mol. The molecule has 2 aromatic heterocycles. The zero-order valence-electron chi connectivity index (χ0n) is 8.90. The topological polar surface area (TPSA) is 51.0 Å². The molecule has 0 saturated heterocycles. The van der Waals surface area contributed by atoms with Crippen LogP contribution < -0.4 is 5.32 Å². The van der Waals surface area contributed by atoms with E-state index in [9.17, 15) is 4.39 Å². The second-order valence-corrected chi connectivity index (χ2v) is 3.29. The second-order valence-electron chi connectivity index (χ2n) is 3.29. The molecule has 0 aromatic carbocycles. The summed E-state index contributed by atoms with van der Waals surface area (Å²) < 4.78 is 18.2. The summed E-state index contributed by atoms with van der Waals surface area (Å²) in [6, 6.07) is 3.01. The molecule has 84 valence electrons. The number of hydrogen-bond donors (Lipinski definition) is 1. The van der Waals surface area contributed by atoms with Crippen LogP contribution >= 0.6 is 0 Å². The Morgan fingerprint density at radius 2 is 2.31 bits per heavy atom.